The van der Waals surface area contributed by atoms with Crippen LogP contribution in [0.1, 0.15) is 20.8 Å². The third-order valence-electron chi connectivity index (χ3n) is 4.27. The number of nitrogens with zero attached hydrogens (tertiary/aromatic N) is 3. The monoisotopic (exact) mass is 321 g/mol. The number of carbonyl (C=O) groups excluding carboxylic acids is 1. The van der Waals surface area contributed by atoms with E-state index in [-0.39, 0.29) is 11.4 Å². The van der Waals surface area contributed by atoms with Gasteiger partial charge in [0.1, 0.15) is 0 Å². The Kier molecular flexibility index (Phi) is 3.44. The normalized spacial score (nSPS) is 18.0. The molecule has 0 aliphatic carbocycles. The second-order valence-corrected chi connectivity index (χ2v) is 6.80. The van der Waals surface area contributed by atoms with Crippen LogP contribution in [0.2, 0.25) is 5.02 Å². The number of rotatable bonds is 1. The maximum Gasteiger partial charge on any atom is 0.220 e. The van der Waals surface area contributed by atoms with Gasteiger partial charge in [0.25, 0.3) is 0 Å². The molecule has 3 rings (SSSR count). The van der Waals surface area contributed by atoms with Crippen LogP contribution >= 0.6 is 11.6 Å². The van der Waals surface area contributed by atoms with E-state index in [0.717, 1.165) is 29.7 Å². The zero-order valence-electron chi connectivity index (χ0n) is 13.0. The van der Waals surface area contributed by atoms with Gasteiger partial charge >= 0.3 is 0 Å². The number of aromatic amines is 1. The molecule has 7 heteroatoms. The summed E-state index contributed by atoms with van der Waals surface area (Å²) >= 11 is 6.23. The van der Waals surface area contributed by atoms with Crippen LogP contribution in [0.5, 0.6) is 0 Å². The number of hydrogen-bond donors (Lipinski definition) is 2. The van der Waals surface area contributed by atoms with E-state index in [1.165, 1.54) is 0 Å². The minimum Gasteiger partial charge on any atom is -0.382 e. The van der Waals surface area contributed by atoms with Gasteiger partial charge in [0.2, 0.25) is 5.91 Å². The lowest BCUT2D eigenvalue weighted by Gasteiger charge is -2.47. The summed E-state index contributed by atoms with van der Waals surface area (Å²) in [6, 6.07) is 3.73. The Morgan fingerprint density at radius 3 is 2.77 bits per heavy atom. The van der Waals surface area contributed by atoms with Gasteiger partial charge in [0.05, 0.1) is 16.7 Å². The van der Waals surface area contributed by atoms with E-state index in [1.807, 2.05) is 17.0 Å². The van der Waals surface area contributed by atoms with Gasteiger partial charge in [-0.15, -0.1) is 0 Å². The van der Waals surface area contributed by atoms with Gasteiger partial charge in [-0.25, -0.2) is 0 Å². The van der Waals surface area contributed by atoms with E-state index >= 15 is 0 Å². The standard InChI is InChI=1S/C15H20ClN5O/c1-9(22)21-5-4-20(8-15(21,2)3)12-7-10(16)6-11-13(12)18-19-14(11)17/h6-7H,4-5,8H2,1-3H3,(H3,17,18,19). The van der Waals surface area contributed by atoms with Gasteiger partial charge in [0.15, 0.2) is 5.82 Å². The SMILES string of the molecule is CC(=O)N1CCN(c2cc(Cl)cc3c(N)n[nH]c23)CC1(C)C. The number of benzene rings is 1. The molecule has 1 aromatic carbocycles. The molecule has 1 aliphatic rings. The molecule has 1 aromatic heterocycles. The predicted molar refractivity (Wildman–Crippen MR) is 89.2 cm³/mol. The first kappa shape index (κ1) is 15.0. The molecule has 0 atom stereocenters. The van der Waals surface area contributed by atoms with E-state index < -0.39 is 0 Å². The molecule has 1 saturated heterocycles. The molecule has 22 heavy (non-hydrogen) atoms. The molecule has 0 unspecified atom stereocenters. The molecule has 118 valence electrons. The number of fused-ring (bicyclic) bond motifs is 1. The Bertz CT molecular complexity index is 739. The molecule has 2 heterocycles. The Morgan fingerprint density at radius 1 is 1.41 bits per heavy atom. The number of anilines is 2. The van der Waals surface area contributed by atoms with E-state index in [2.05, 4.69) is 28.9 Å². The van der Waals surface area contributed by atoms with Gasteiger partial charge in [-0.2, -0.15) is 5.10 Å². The average molecular weight is 322 g/mol. The van der Waals surface area contributed by atoms with E-state index in [9.17, 15) is 4.79 Å². The van der Waals surface area contributed by atoms with Crippen LogP contribution in [-0.4, -0.2) is 46.2 Å². The van der Waals surface area contributed by atoms with Crippen molar-refractivity contribution >= 4 is 39.9 Å². The summed E-state index contributed by atoms with van der Waals surface area (Å²) < 4.78 is 0. The van der Waals surface area contributed by atoms with Crippen molar-refractivity contribution in [3.05, 3.63) is 17.2 Å². The quantitative estimate of drug-likeness (QED) is 0.844. The van der Waals surface area contributed by atoms with Crippen molar-refractivity contribution in [2.45, 2.75) is 26.3 Å². The third kappa shape index (κ3) is 2.37. The second kappa shape index (κ2) is 5.05. The zero-order chi connectivity index (χ0) is 16.1. The van der Waals surface area contributed by atoms with Crippen LogP contribution in [0.4, 0.5) is 11.5 Å². The smallest absolute Gasteiger partial charge is 0.220 e. The largest absolute Gasteiger partial charge is 0.382 e. The lowest BCUT2D eigenvalue weighted by atomic mass is 9.98. The van der Waals surface area contributed by atoms with Gasteiger partial charge in [0, 0.05) is 37.0 Å². The second-order valence-electron chi connectivity index (χ2n) is 6.36. The highest BCUT2D eigenvalue weighted by atomic mass is 35.5. The highest BCUT2D eigenvalue weighted by Crippen LogP contribution is 2.34. The number of nitrogen functional groups attached to an aromatic ring is 1. The molecular formula is C15H20ClN5O. The topological polar surface area (TPSA) is 78.2 Å². The fourth-order valence-corrected chi connectivity index (χ4v) is 3.49. The Balaban J connectivity index is 2.01. The maximum atomic E-state index is 11.8. The van der Waals surface area contributed by atoms with Gasteiger partial charge in [-0.1, -0.05) is 11.6 Å². The Labute approximate surface area is 134 Å². The van der Waals surface area contributed by atoms with Crippen LogP contribution in [0.25, 0.3) is 10.9 Å². The fourth-order valence-electron chi connectivity index (χ4n) is 3.28. The maximum absolute atomic E-state index is 11.8. The van der Waals surface area contributed by atoms with Crippen molar-refractivity contribution in [3.63, 3.8) is 0 Å². The summed E-state index contributed by atoms with van der Waals surface area (Å²) in [5.74, 6) is 0.548. The number of H-pyrrole nitrogens is 1. The molecule has 0 spiro atoms. The highest BCUT2D eigenvalue weighted by Gasteiger charge is 2.36. The van der Waals surface area contributed by atoms with Gasteiger partial charge in [-0.05, 0) is 26.0 Å². The van der Waals surface area contributed by atoms with Crippen LogP contribution in [-0.2, 0) is 4.79 Å². The Hall–Kier alpha value is -1.95. The van der Waals surface area contributed by atoms with Crippen molar-refractivity contribution in [1.82, 2.24) is 15.1 Å². The fraction of sp³-hybridized carbons (Fsp3) is 0.467. The first-order chi connectivity index (χ1) is 10.3. The van der Waals surface area contributed by atoms with Crippen molar-refractivity contribution in [2.24, 2.45) is 0 Å². The number of hydrogen-bond acceptors (Lipinski definition) is 4. The minimum absolute atomic E-state index is 0.103. The summed E-state index contributed by atoms with van der Waals surface area (Å²) in [5.41, 5.74) is 7.50. The summed E-state index contributed by atoms with van der Waals surface area (Å²) in [5, 5.41) is 8.52. The number of carbonyl (C=O) groups is 1. The molecule has 1 fully saturated rings. The number of piperazine rings is 1. The molecule has 1 amide bonds. The van der Waals surface area contributed by atoms with Crippen LogP contribution in [0.15, 0.2) is 12.1 Å². The minimum atomic E-state index is -0.246. The number of amides is 1. The van der Waals surface area contributed by atoms with Crippen molar-refractivity contribution < 1.29 is 4.79 Å². The molecule has 3 N–H and O–H groups in total. The van der Waals surface area contributed by atoms with E-state index in [4.69, 9.17) is 17.3 Å². The number of aromatic nitrogens is 2. The molecular weight excluding hydrogens is 302 g/mol. The summed E-state index contributed by atoms with van der Waals surface area (Å²) in [6.45, 7) is 7.91. The van der Waals surface area contributed by atoms with Crippen molar-refractivity contribution in [1.29, 1.82) is 0 Å². The summed E-state index contributed by atoms with van der Waals surface area (Å²) in [4.78, 5) is 15.9. The van der Waals surface area contributed by atoms with Crippen LogP contribution in [0, 0.1) is 0 Å². The first-order valence-electron chi connectivity index (χ1n) is 7.26. The molecule has 0 saturated carbocycles. The average Bonchev–Trinajstić information content (AvgIpc) is 2.78. The zero-order valence-corrected chi connectivity index (χ0v) is 13.7. The molecule has 0 radical (unpaired) electrons. The number of nitrogens with one attached hydrogen (secondary N) is 1. The van der Waals surface area contributed by atoms with Crippen molar-refractivity contribution in [2.75, 3.05) is 30.3 Å². The molecule has 6 nitrogen and oxygen atoms in total. The number of halogens is 1. The lowest BCUT2D eigenvalue weighted by Crippen LogP contribution is -2.60. The van der Waals surface area contributed by atoms with Crippen LogP contribution < -0.4 is 10.6 Å². The number of nitrogens with two attached hydrogens (primary N) is 1. The molecule has 1 aliphatic heterocycles. The van der Waals surface area contributed by atoms with Crippen molar-refractivity contribution in [3.8, 4) is 0 Å². The van der Waals surface area contributed by atoms with Gasteiger partial charge in [-0.3, -0.25) is 9.89 Å². The van der Waals surface area contributed by atoms with E-state index in [1.54, 1.807) is 6.92 Å². The van der Waals surface area contributed by atoms with Crippen LogP contribution in [0.3, 0.4) is 0 Å². The third-order valence-corrected chi connectivity index (χ3v) is 4.49. The van der Waals surface area contributed by atoms with Gasteiger partial charge < -0.3 is 15.5 Å². The first-order valence-corrected chi connectivity index (χ1v) is 7.63. The highest BCUT2D eigenvalue weighted by molar-refractivity contribution is 6.32. The predicted octanol–water partition coefficient (Wildman–Crippen LogP) is 2.25. The van der Waals surface area contributed by atoms with E-state index in [0.29, 0.717) is 17.4 Å². The molecule has 2 aromatic rings. The molecule has 0 bridgehead atoms. The lowest BCUT2D eigenvalue weighted by molar-refractivity contribution is -0.134. The summed E-state index contributed by atoms with van der Waals surface area (Å²) in [7, 11) is 0. The Morgan fingerprint density at radius 2 is 2.14 bits per heavy atom. The summed E-state index contributed by atoms with van der Waals surface area (Å²) in [6.07, 6.45) is 0.